The van der Waals surface area contributed by atoms with E-state index >= 15 is 0 Å². The van der Waals surface area contributed by atoms with Gasteiger partial charge in [0, 0.05) is 12.6 Å². The average Bonchev–Trinajstić information content (AvgIpc) is 2.65. The molecule has 0 saturated heterocycles. The largest absolute Gasteiger partial charge is 0.331 e. The van der Waals surface area contributed by atoms with Crippen LogP contribution in [0.5, 0.6) is 0 Å². The van der Waals surface area contributed by atoms with Crippen LogP contribution in [0.15, 0.2) is 18.1 Å². The van der Waals surface area contributed by atoms with E-state index in [4.69, 9.17) is 0 Å². The average molecular weight is 207 g/mol. The minimum absolute atomic E-state index is 0.412. The normalized spacial score (nSPS) is 14.3. The molecule has 0 spiro atoms. The lowest BCUT2D eigenvalue weighted by Gasteiger charge is -2.11. The van der Waals surface area contributed by atoms with Gasteiger partial charge in [0.15, 0.2) is 0 Å². The van der Waals surface area contributed by atoms with E-state index in [1.165, 1.54) is 11.3 Å². The fraction of sp³-hybridized carbons (Fsp3) is 0.583. The fourth-order valence-corrected chi connectivity index (χ4v) is 1.46. The fourth-order valence-electron chi connectivity index (χ4n) is 1.46. The molecule has 0 aliphatic carbocycles. The molecule has 0 aliphatic heterocycles. The maximum atomic E-state index is 4.18. The van der Waals surface area contributed by atoms with Crippen LogP contribution >= 0.6 is 0 Å². The van der Waals surface area contributed by atoms with Crippen LogP contribution in [0.25, 0.3) is 6.08 Å². The van der Waals surface area contributed by atoms with E-state index in [1.807, 2.05) is 19.6 Å². The highest BCUT2D eigenvalue weighted by molar-refractivity contribution is 5.49. The second-order valence-corrected chi connectivity index (χ2v) is 3.91. The van der Waals surface area contributed by atoms with Gasteiger partial charge in [-0.15, -0.1) is 0 Å². The molecule has 1 aromatic rings. The van der Waals surface area contributed by atoms with Crippen LogP contribution in [-0.4, -0.2) is 22.6 Å². The summed E-state index contributed by atoms with van der Waals surface area (Å²) in [6.07, 6.45) is 7.15. The van der Waals surface area contributed by atoms with Gasteiger partial charge < -0.3 is 9.88 Å². The summed E-state index contributed by atoms with van der Waals surface area (Å²) in [4.78, 5) is 4.18. The Hall–Kier alpha value is -1.09. The highest BCUT2D eigenvalue weighted by Crippen LogP contribution is 2.09. The molecule has 0 saturated carbocycles. The zero-order chi connectivity index (χ0) is 11.3. The lowest BCUT2D eigenvalue weighted by Crippen LogP contribution is -2.22. The van der Waals surface area contributed by atoms with Crippen molar-refractivity contribution in [3.8, 4) is 0 Å². The Bertz CT molecular complexity index is 325. The molecule has 0 bridgehead atoms. The van der Waals surface area contributed by atoms with Crippen LogP contribution in [0, 0.1) is 0 Å². The Morgan fingerprint density at radius 1 is 1.67 bits per heavy atom. The number of nitrogens with zero attached hydrogens (tertiary/aromatic N) is 2. The molecule has 1 atom stereocenters. The third-order valence-corrected chi connectivity index (χ3v) is 2.70. The van der Waals surface area contributed by atoms with Gasteiger partial charge in [0.1, 0.15) is 0 Å². The lowest BCUT2D eigenvalue weighted by molar-refractivity contribution is 0.669. The number of aryl methyl sites for hydroxylation is 1. The van der Waals surface area contributed by atoms with Crippen molar-refractivity contribution in [2.45, 2.75) is 39.8 Å². The summed E-state index contributed by atoms with van der Waals surface area (Å²) >= 11 is 0. The Morgan fingerprint density at radius 3 is 3.00 bits per heavy atom. The number of imidazole rings is 1. The summed E-state index contributed by atoms with van der Waals surface area (Å²) in [5.74, 6) is 0. The summed E-state index contributed by atoms with van der Waals surface area (Å²) in [6.45, 7) is 7.51. The number of rotatable bonds is 5. The van der Waals surface area contributed by atoms with Crippen molar-refractivity contribution in [2.75, 3.05) is 7.05 Å². The van der Waals surface area contributed by atoms with Crippen molar-refractivity contribution < 1.29 is 0 Å². The first-order valence-corrected chi connectivity index (χ1v) is 5.54. The minimum Gasteiger partial charge on any atom is -0.331 e. The van der Waals surface area contributed by atoms with Gasteiger partial charge in [0.25, 0.3) is 0 Å². The first-order valence-electron chi connectivity index (χ1n) is 5.54. The molecule has 0 amide bonds. The van der Waals surface area contributed by atoms with Crippen LogP contribution in [0.2, 0.25) is 0 Å². The van der Waals surface area contributed by atoms with Crippen molar-refractivity contribution in [3.63, 3.8) is 0 Å². The highest BCUT2D eigenvalue weighted by Gasteiger charge is 2.03. The number of hydrogen-bond donors (Lipinski definition) is 1. The Labute approximate surface area is 92.2 Å². The van der Waals surface area contributed by atoms with Gasteiger partial charge in [-0.05, 0) is 33.4 Å². The smallest absolute Gasteiger partial charge is 0.0950 e. The molecule has 0 radical (unpaired) electrons. The number of likely N-dealkylation sites (N-methyl/N-ethyl adjacent to an activating group) is 1. The summed E-state index contributed by atoms with van der Waals surface area (Å²) in [5, 5.41) is 3.23. The molecule has 1 heterocycles. The third-order valence-electron chi connectivity index (χ3n) is 2.70. The molecule has 1 aromatic heterocycles. The first-order chi connectivity index (χ1) is 7.19. The van der Waals surface area contributed by atoms with Crippen LogP contribution in [0.4, 0.5) is 0 Å². The zero-order valence-electron chi connectivity index (χ0n) is 10.1. The molecular weight excluding hydrogens is 186 g/mol. The van der Waals surface area contributed by atoms with Crippen molar-refractivity contribution in [1.82, 2.24) is 14.9 Å². The monoisotopic (exact) mass is 207 g/mol. The standard InChI is InChI=1S/C12H21N3/c1-5-6-15-9-14-8-12(15)7-10(2)11(3)13-4/h7-9,11,13H,5-6H2,1-4H3/b10-7-. The van der Waals surface area contributed by atoms with E-state index in [-0.39, 0.29) is 0 Å². The molecule has 0 aromatic carbocycles. The van der Waals surface area contributed by atoms with E-state index in [1.54, 1.807) is 0 Å². The van der Waals surface area contributed by atoms with E-state index in [9.17, 15) is 0 Å². The third kappa shape index (κ3) is 3.20. The van der Waals surface area contributed by atoms with Gasteiger partial charge in [0.2, 0.25) is 0 Å². The first kappa shape index (κ1) is 12.0. The SMILES string of the molecule is CCCn1cncc1/C=C(/C)C(C)NC. The summed E-state index contributed by atoms with van der Waals surface area (Å²) in [5.41, 5.74) is 2.52. The van der Waals surface area contributed by atoms with Gasteiger partial charge in [0.05, 0.1) is 18.2 Å². The van der Waals surface area contributed by atoms with Crippen LogP contribution in [0.3, 0.4) is 0 Å². The number of aromatic nitrogens is 2. The molecule has 1 unspecified atom stereocenters. The molecule has 3 nitrogen and oxygen atoms in total. The lowest BCUT2D eigenvalue weighted by atomic mass is 10.1. The molecule has 1 rings (SSSR count). The Kier molecular flexibility index (Phi) is 4.56. The van der Waals surface area contributed by atoms with E-state index in [0.29, 0.717) is 6.04 Å². The second kappa shape index (κ2) is 5.71. The zero-order valence-corrected chi connectivity index (χ0v) is 10.1. The predicted molar refractivity (Wildman–Crippen MR) is 64.7 cm³/mol. The summed E-state index contributed by atoms with van der Waals surface area (Å²) in [6, 6.07) is 0.412. The quantitative estimate of drug-likeness (QED) is 0.803. The minimum atomic E-state index is 0.412. The van der Waals surface area contributed by atoms with Gasteiger partial charge in [-0.25, -0.2) is 4.98 Å². The van der Waals surface area contributed by atoms with E-state index in [2.05, 4.69) is 41.7 Å². The van der Waals surface area contributed by atoms with Crippen molar-refractivity contribution in [1.29, 1.82) is 0 Å². The van der Waals surface area contributed by atoms with Gasteiger partial charge in [-0.3, -0.25) is 0 Å². The topological polar surface area (TPSA) is 29.9 Å². The van der Waals surface area contributed by atoms with Crippen LogP contribution in [0.1, 0.15) is 32.9 Å². The predicted octanol–water partition coefficient (Wildman–Crippen LogP) is 2.30. The molecule has 15 heavy (non-hydrogen) atoms. The highest BCUT2D eigenvalue weighted by atomic mass is 15.0. The maximum absolute atomic E-state index is 4.18. The van der Waals surface area contributed by atoms with Gasteiger partial charge in [-0.2, -0.15) is 0 Å². The van der Waals surface area contributed by atoms with Gasteiger partial charge >= 0.3 is 0 Å². The van der Waals surface area contributed by atoms with E-state index < -0.39 is 0 Å². The molecular formula is C12H21N3. The Balaban J connectivity index is 2.82. The molecule has 1 N–H and O–H groups in total. The Morgan fingerprint density at radius 2 is 2.40 bits per heavy atom. The van der Waals surface area contributed by atoms with E-state index in [0.717, 1.165) is 13.0 Å². The summed E-state index contributed by atoms with van der Waals surface area (Å²) in [7, 11) is 1.98. The van der Waals surface area contributed by atoms with Crippen molar-refractivity contribution >= 4 is 6.08 Å². The van der Waals surface area contributed by atoms with Crippen molar-refractivity contribution in [2.24, 2.45) is 0 Å². The molecule has 0 fully saturated rings. The molecule has 3 heteroatoms. The van der Waals surface area contributed by atoms with Gasteiger partial charge in [-0.1, -0.05) is 12.5 Å². The molecule has 0 aliphatic rings. The van der Waals surface area contributed by atoms with Crippen LogP contribution in [-0.2, 0) is 6.54 Å². The van der Waals surface area contributed by atoms with Crippen LogP contribution < -0.4 is 5.32 Å². The maximum Gasteiger partial charge on any atom is 0.0950 e. The number of hydrogen-bond acceptors (Lipinski definition) is 2. The summed E-state index contributed by atoms with van der Waals surface area (Å²) < 4.78 is 2.19. The van der Waals surface area contributed by atoms with Crippen molar-refractivity contribution in [3.05, 3.63) is 23.8 Å². The number of nitrogens with one attached hydrogen (secondary N) is 1. The molecule has 84 valence electrons. The second-order valence-electron chi connectivity index (χ2n) is 3.91.